The first-order valence-electron chi connectivity index (χ1n) is 3.01. The molecule has 0 amide bonds. The molecule has 0 aromatic carbocycles. The van der Waals surface area contributed by atoms with Gasteiger partial charge in [-0.05, 0) is 19.1 Å². The van der Waals surface area contributed by atoms with E-state index in [9.17, 15) is 4.79 Å². The topological polar surface area (TPSA) is 49.7 Å². The smallest absolute Gasteiger partial charge is 0.354 e. The first kappa shape index (κ1) is 9.44. The molecule has 0 aliphatic rings. The lowest BCUT2D eigenvalue weighted by molar-refractivity contribution is -0.129. The third kappa shape index (κ3) is 3.93. The highest BCUT2D eigenvalue weighted by Gasteiger charge is 2.00. The molecule has 0 unspecified atom stereocenters. The predicted molar refractivity (Wildman–Crippen MR) is 43.6 cm³/mol. The fourth-order valence-corrected chi connectivity index (χ4v) is 0.445. The van der Waals surface area contributed by atoms with Crippen molar-refractivity contribution in [1.29, 1.82) is 0 Å². The zero-order chi connectivity index (χ0) is 8.69. The summed E-state index contributed by atoms with van der Waals surface area (Å²) in [5.74, 6) is 4.15. The van der Waals surface area contributed by atoms with Gasteiger partial charge >= 0.3 is 5.97 Å². The van der Waals surface area contributed by atoms with Crippen molar-refractivity contribution in [2.75, 3.05) is 7.05 Å². The van der Waals surface area contributed by atoms with Gasteiger partial charge in [0.15, 0.2) is 0 Å². The Morgan fingerprint density at radius 3 is 2.64 bits per heavy atom. The van der Waals surface area contributed by atoms with Crippen LogP contribution in [-0.2, 0) is 4.79 Å². The molecule has 58 valence electrons. The van der Waals surface area contributed by atoms with Crippen LogP contribution in [-0.4, -0.2) is 23.8 Å². The molecule has 0 fully saturated rings. The SMILES string of the molecule is CC#C/C=C\C(=NC)C(=O)O. The van der Waals surface area contributed by atoms with Gasteiger partial charge in [0.2, 0.25) is 0 Å². The molecule has 0 bridgehead atoms. The van der Waals surface area contributed by atoms with Crippen LogP contribution in [0.3, 0.4) is 0 Å². The molecule has 3 heteroatoms. The van der Waals surface area contributed by atoms with Gasteiger partial charge in [0.05, 0.1) is 0 Å². The Morgan fingerprint density at radius 1 is 1.64 bits per heavy atom. The van der Waals surface area contributed by atoms with Crippen LogP contribution in [0.4, 0.5) is 0 Å². The van der Waals surface area contributed by atoms with Crippen molar-refractivity contribution in [2.24, 2.45) is 4.99 Å². The number of rotatable bonds is 2. The van der Waals surface area contributed by atoms with Crippen molar-refractivity contribution in [1.82, 2.24) is 0 Å². The van der Waals surface area contributed by atoms with Crippen LogP contribution < -0.4 is 0 Å². The molecule has 0 aromatic rings. The van der Waals surface area contributed by atoms with Gasteiger partial charge < -0.3 is 5.11 Å². The molecule has 0 atom stereocenters. The monoisotopic (exact) mass is 151 g/mol. The number of hydrogen-bond acceptors (Lipinski definition) is 2. The second kappa shape index (κ2) is 5.24. The van der Waals surface area contributed by atoms with Crippen LogP contribution >= 0.6 is 0 Å². The summed E-state index contributed by atoms with van der Waals surface area (Å²) in [5.41, 5.74) is 0.00718. The zero-order valence-corrected chi connectivity index (χ0v) is 6.46. The lowest BCUT2D eigenvalue weighted by Crippen LogP contribution is -2.09. The van der Waals surface area contributed by atoms with E-state index in [4.69, 9.17) is 5.11 Å². The van der Waals surface area contributed by atoms with Crippen LogP contribution in [0.2, 0.25) is 0 Å². The molecular weight excluding hydrogens is 142 g/mol. The maximum atomic E-state index is 10.3. The molecule has 0 aliphatic heterocycles. The molecule has 0 saturated carbocycles. The van der Waals surface area contributed by atoms with Crippen LogP contribution in [0, 0.1) is 11.8 Å². The van der Waals surface area contributed by atoms with Gasteiger partial charge in [-0.1, -0.05) is 5.92 Å². The Hall–Kier alpha value is -1.56. The van der Waals surface area contributed by atoms with Crippen molar-refractivity contribution < 1.29 is 9.90 Å². The van der Waals surface area contributed by atoms with E-state index in [1.165, 1.54) is 19.2 Å². The van der Waals surface area contributed by atoms with Gasteiger partial charge in [0.1, 0.15) is 5.71 Å². The number of aliphatic carboxylic acids is 1. The Morgan fingerprint density at radius 2 is 2.27 bits per heavy atom. The lowest BCUT2D eigenvalue weighted by Gasteiger charge is -1.87. The van der Waals surface area contributed by atoms with E-state index in [0.29, 0.717) is 0 Å². The zero-order valence-electron chi connectivity index (χ0n) is 6.46. The van der Waals surface area contributed by atoms with Crippen molar-refractivity contribution in [2.45, 2.75) is 6.92 Å². The van der Waals surface area contributed by atoms with Crippen molar-refractivity contribution in [3.8, 4) is 11.8 Å². The molecular formula is C8H9NO2. The highest BCUT2D eigenvalue weighted by molar-refractivity contribution is 6.40. The van der Waals surface area contributed by atoms with Crippen molar-refractivity contribution in [3.05, 3.63) is 12.2 Å². The number of carboxylic acids is 1. The molecule has 0 aromatic heterocycles. The fourth-order valence-electron chi connectivity index (χ4n) is 0.445. The number of aliphatic imine (C=N–C) groups is 1. The van der Waals surface area contributed by atoms with Crippen LogP contribution in [0.15, 0.2) is 17.1 Å². The van der Waals surface area contributed by atoms with Gasteiger partial charge in [-0.2, -0.15) is 0 Å². The minimum atomic E-state index is -1.04. The van der Waals surface area contributed by atoms with E-state index >= 15 is 0 Å². The number of hydrogen-bond donors (Lipinski definition) is 1. The van der Waals surface area contributed by atoms with Gasteiger partial charge in [0, 0.05) is 7.05 Å². The number of allylic oxidation sites excluding steroid dienone is 1. The maximum absolute atomic E-state index is 10.3. The minimum absolute atomic E-state index is 0.00718. The largest absolute Gasteiger partial charge is 0.477 e. The normalized spacial score (nSPS) is 10.9. The summed E-state index contributed by atoms with van der Waals surface area (Å²) in [6.07, 6.45) is 2.81. The summed E-state index contributed by atoms with van der Waals surface area (Å²) >= 11 is 0. The summed E-state index contributed by atoms with van der Waals surface area (Å²) in [7, 11) is 1.42. The summed E-state index contributed by atoms with van der Waals surface area (Å²) in [5, 5.41) is 8.44. The van der Waals surface area contributed by atoms with E-state index in [1.807, 2.05) is 0 Å². The van der Waals surface area contributed by atoms with Gasteiger partial charge in [-0.15, -0.1) is 5.92 Å². The van der Waals surface area contributed by atoms with Crippen molar-refractivity contribution in [3.63, 3.8) is 0 Å². The Kier molecular flexibility index (Phi) is 4.50. The molecule has 0 saturated heterocycles. The molecule has 1 N–H and O–H groups in total. The number of nitrogens with zero attached hydrogens (tertiary/aromatic N) is 1. The fraction of sp³-hybridized carbons (Fsp3) is 0.250. The molecule has 0 aliphatic carbocycles. The standard InChI is InChI=1S/C8H9NO2/c1-3-4-5-6-7(9-2)8(10)11/h5-6H,1-2H3,(H,10,11)/b6-5-,9-7?. The van der Waals surface area contributed by atoms with E-state index < -0.39 is 5.97 Å². The molecule has 0 heterocycles. The average molecular weight is 151 g/mol. The van der Waals surface area contributed by atoms with Gasteiger partial charge in [0.25, 0.3) is 0 Å². The average Bonchev–Trinajstić information content (AvgIpc) is 1.97. The maximum Gasteiger partial charge on any atom is 0.354 e. The van der Waals surface area contributed by atoms with E-state index in [0.717, 1.165) is 0 Å². The quantitative estimate of drug-likeness (QED) is 0.467. The van der Waals surface area contributed by atoms with Crippen LogP contribution in [0.5, 0.6) is 0 Å². The number of carboxylic acid groups (broad SMARTS) is 1. The molecule has 11 heavy (non-hydrogen) atoms. The van der Waals surface area contributed by atoms with E-state index in [1.54, 1.807) is 6.92 Å². The molecule has 3 nitrogen and oxygen atoms in total. The molecule has 0 rings (SSSR count). The third-order valence-electron chi connectivity index (χ3n) is 0.929. The van der Waals surface area contributed by atoms with Gasteiger partial charge in [-0.25, -0.2) is 4.79 Å². The lowest BCUT2D eigenvalue weighted by atomic mass is 10.3. The van der Waals surface area contributed by atoms with Crippen molar-refractivity contribution >= 4 is 11.7 Å². The minimum Gasteiger partial charge on any atom is -0.477 e. The van der Waals surface area contributed by atoms with Crippen LogP contribution in [0.25, 0.3) is 0 Å². The second-order valence-corrected chi connectivity index (χ2v) is 1.64. The second-order valence-electron chi connectivity index (χ2n) is 1.64. The highest BCUT2D eigenvalue weighted by Crippen LogP contribution is 1.80. The molecule has 0 spiro atoms. The number of carbonyl (C=O) groups is 1. The van der Waals surface area contributed by atoms with Gasteiger partial charge in [-0.3, -0.25) is 4.99 Å². The summed E-state index contributed by atoms with van der Waals surface area (Å²) in [6, 6.07) is 0. The summed E-state index contributed by atoms with van der Waals surface area (Å²) in [4.78, 5) is 13.8. The van der Waals surface area contributed by atoms with E-state index in [2.05, 4.69) is 16.8 Å². The first-order chi connectivity index (χ1) is 5.22. The Balaban J connectivity index is 4.30. The van der Waals surface area contributed by atoms with E-state index in [-0.39, 0.29) is 5.71 Å². The molecule has 0 radical (unpaired) electrons. The summed E-state index contributed by atoms with van der Waals surface area (Å²) in [6.45, 7) is 1.67. The first-order valence-corrected chi connectivity index (χ1v) is 3.01. The highest BCUT2D eigenvalue weighted by atomic mass is 16.4. The summed E-state index contributed by atoms with van der Waals surface area (Å²) < 4.78 is 0. The third-order valence-corrected chi connectivity index (χ3v) is 0.929. The predicted octanol–water partition coefficient (Wildman–Crippen LogP) is 0.721. The Labute approximate surface area is 65.5 Å². The van der Waals surface area contributed by atoms with Crippen LogP contribution in [0.1, 0.15) is 6.92 Å². The Bertz CT molecular complexity index is 253.